The predicted molar refractivity (Wildman–Crippen MR) is 112 cm³/mol. The smallest absolute Gasteiger partial charge is 0.271 e. The second kappa shape index (κ2) is 8.10. The van der Waals surface area contributed by atoms with E-state index >= 15 is 0 Å². The number of fused-ring (bicyclic) bond motifs is 1. The van der Waals surface area contributed by atoms with Gasteiger partial charge in [0.15, 0.2) is 11.5 Å². The number of aliphatic hydroxyl groups excluding tert-OH is 1. The van der Waals surface area contributed by atoms with Crippen LogP contribution in [0.2, 0.25) is 0 Å². The number of amides is 1. The van der Waals surface area contributed by atoms with Crippen molar-refractivity contribution in [2.45, 2.75) is 6.10 Å². The van der Waals surface area contributed by atoms with Crippen molar-refractivity contribution in [3.05, 3.63) is 52.3 Å². The predicted octanol–water partition coefficient (Wildman–Crippen LogP) is 2.36. The molecule has 30 heavy (non-hydrogen) atoms. The second-order valence-corrected chi connectivity index (χ2v) is 8.34. The van der Waals surface area contributed by atoms with Crippen LogP contribution in [-0.4, -0.2) is 70.5 Å². The molecule has 4 heterocycles. The molecule has 0 saturated carbocycles. The number of thiophene rings is 1. The molecule has 2 aromatic heterocycles. The maximum Gasteiger partial charge on any atom is 0.271 e. The van der Waals surface area contributed by atoms with Crippen LogP contribution in [0.25, 0.3) is 11.3 Å². The highest BCUT2D eigenvalue weighted by Gasteiger charge is 2.25. The Morgan fingerprint density at radius 3 is 2.80 bits per heavy atom. The molecule has 1 saturated heterocycles. The van der Waals surface area contributed by atoms with Crippen LogP contribution >= 0.6 is 11.3 Å². The molecule has 1 aromatic carbocycles. The monoisotopic (exact) mass is 426 g/mol. The first-order valence-corrected chi connectivity index (χ1v) is 10.7. The quantitative estimate of drug-likeness (QED) is 0.651. The third-order valence-corrected chi connectivity index (χ3v) is 6.41. The topological polar surface area (TPSA) is 90.9 Å². The Hall–Kier alpha value is -2.88. The number of H-pyrrole nitrogens is 1. The van der Waals surface area contributed by atoms with Gasteiger partial charge < -0.3 is 19.5 Å². The zero-order valence-corrected chi connectivity index (χ0v) is 17.1. The van der Waals surface area contributed by atoms with E-state index in [4.69, 9.17) is 9.47 Å². The van der Waals surface area contributed by atoms with Crippen molar-refractivity contribution < 1.29 is 19.4 Å². The van der Waals surface area contributed by atoms with E-state index in [1.165, 1.54) is 0 Å². The number of piperazine rings is 1. The van der Waals surface area contributed by atoms with Crippen molar-refractivity contribution >= 4 is 17.2 Å². The van der Waals surface area contributed by atoms with Crippen molar-refractivity contribution in [3.63, 3.8) is 0 Å². The van der Waals surface area contributed by atoms with Gasteiger partial charge >= 0.3 is 0 Å². The number of aromatic nitrogens is 2. The van der Waals surface area contributed by atoms with E-state index in [1.54, 1.807) is 17.4 Å². The van der Waals surface area contributed by atoms with E-state index in [-0.39, 0.29) is 12.7 Å². The van der Waals surface area contributed by atoms with E-state index in [9.17, 15) is 9.90 Å². The van der Waals surface area contributed by atoms with Crippen molar-refractivity contribution in [1.29, 1.82) is 0 Å². The first-order valence-electron chi connectivity index (χ1n) is 9.86. The average molecular weight is 426 g/mol. The van der Waals surface area contributed by atoms with Gasteiger partial charge in [0.2, 0.25) is 6.79 Å². The second-order valence-electron chi connectivity index (χ2n) is 7.36. The molecule has 0 spiro atoms. The Bertz CT molecular complexity index is 1030. The van der Waals surface area contributed by atoms with Crippen LogP contribution in [-0.2, 0) is 0 Å². The lowest BCUT2D eigenvalue weighted by Gasteiger charge is -2.35. The highest BCUT2D eigenvalue weighted by Crippen LogP contribution is 2.35. The van der Waals surface area contributed by atoms with Crippen LogP contribution in [0, 0.1) is 0 Å². The number of hydrogen-bond donors (Lipinski definition) is 2. The molecule has 1 atom stereocenters. The largest absolute Gasteiger partial charge is 0.454 e. The Morgan fingerprint density at radius 2 is 2.00 bits per heavy atom. The van der Waals surface area contributed by atoms with Crippen LogP contribution in [0.15, 0.2) is 41.8 Å². The number of carbonyl (C=O) groups is 1. The molecule has 0 radical (unpaired) electrons. The summed E-state index contributed by atoms with van der Waals surface area (Å²) >= 11 is 1.56. The fourth-order valence-electron chi connectivity index (χ4n) is 3.75. The van der Waals surface area contributed by atoms with Crippen LogP contribution in [0.4, 0.5) is 0 Å². The summed E-state index contributed by atoms with van der Waals surface area (Å²) in [5.74, 6) is 1.34. The number of β-amino-alcohol motifs (C(OH)–C–C–N with tert-alkyl or cyclic N) is 1. The van der Waals surface area contributed by atoms with Crippen molar-refractivity contribution in [1.82, 2.24) is 20.0 Å². The van der Waals surface area contributed by atoms with Crippen LogP contribution in [0.1, 0.15) is 21.5 Å². The number of nitrogens with zero attached hydrogens (tertiary/aromatic N) is 3. The summed E-state index contributed by atoms with van der Waals surface area (Å²) < 4.78 is 10.7. The first-order chi connectivity index (χ1) is 14.7. The molecule has 9 heteroatoms. The van der Waals surface area contributed by atoms with E-state index in [0.29, 0.717) is 42.5 Å². The molecule has 3 aromatic rings. The highest BCUT2D eigenvalue weighted by atomic mass is 32.1. The first kappa shape index (κ1) is 19.1. The van der Waals surface area contributed by atoms with Gasteiger partial charge in [-0.15, -0.1) is 11.3 Å². The van der Waals surface area contributed by atoms with Gasteiger partial charge in [0.05, 0.1) is 5.69 Å². The Morgan fingerprint density at radius 1 is 1.17 bits per heavy atom. The number of aromatic amines is 1. The molecule has 156 valence electrons. The molecule has 1 fully saturated rings. The lowest BCUT2D eigenvalue weighted by molar-refractivity contribution is 0.0528. The van der Waals surface area contributed by atoms with Crippen molar-refractivity contribution in [2.75, 3.05) is 39.5 Å². The maximum absolute atomic E-state index is 12.9. The Balaban J connectivity index is 1.19. The maximum atomic E-state index is 12.9. The Labute approximate surface area is 177 Å². The van der Waals surface area contributed by atoms with Crippen LogP contribution in [0.5, 0.6) is 11.5 Å². The molecule has 0 unspecified atom stereocenters. The molecular weight excluding hydrogens is 404 g/mol. The van der Waals surface area contributed by atoms with Crippen LogP contribution in [0.3, 0.4) is 0 Å². The van der Waals surface area contributed by atoms with Gasteiger partial charge in [0.25, 0.3) is 5.91 Å². The zero-order valence-electron chi connectivity index (χ0n) is 16.3. The number of hydrogen-bond acceptors (Lipinski definition) is 7. The van der Waals surface area contributed by atoms with E-state index < -0.39 is 6.10 Å². The van der Waals surface area contributed by atoms with Crippen LogP contribution < -0.4 is 9.47 Å². The summed E-state index contributed by atoms with van der Waals surface area (Å²) in [5.41, 5.74) is 2.02. The molecular formula is C21H22N4O4S. The molecule has 1 amide bonds. The Kier molecular flexibility index (Phi) is 5.16. The number of rotatable bonds is 5. The highest BCUT2D eigenvalue weighted by molar-refractivity contribution is 7.10. The average Bonchev–Trinajstić information content (AvgIpc) is 3.54. The van der Waals surface area contributed by atoms with E-state index in [1.807, 2.05) is 40.6 Å². The van der Waals surface area contributed by atoms with Gasteiger partial charge in [-0.3, -0.25) is 14.8 Å². The van der Waals surface area contributed by atoms with Crippen molar-refractivity contribution in [2.24, 2.45) is 0 Å². The summed E-state index contributed by atoms with van der Waals surface area (Å²) in [7, 11) is 0. The molecule has 8 nitrogen and oxygen atoms in total. The molecule has 2 N–H and O–H groups in total. The molecule has 2 aliphatic rings. The number of ether oxygens (including phenoxy) is 2. The summed E-state index contributed by atoms with van der Waals surface area (Å²) in [6.45, 7) is 3.51. The number of aliphatic hydroxyl groups is 1. The minimum atomic E-state index is -0.482. The van der Waals surface area contributed by atoms with Gasteiger partial charge in [0, 0.05) is 43.2 Å². The number of nitrogens with one attached hydrogen (secondary N) is 1. The number of carbonyl (C=O) groups excluding carboxylic acids is 1. The van der Waals surface area contributed by atoms with E-state index in [0.717, 1.165) is 23.5 Å². The lowest BCUT2D eigenvalue weighted by atomic mass is 10.1. The SMILES string of the molecule is O=C(c1cc(-c2ccc3c(c2)OCO3)n[nH]1)N1CCN(C[C@H](O)c2cccs2)CC1. The third-order valence-electron chi connectivity index (χ3n) is 5.44. The summed E-state index contributed by atoms with van der Waals surface area (Å²) in [5, 5.41) is 19.5. The fourth-order valence-corrected chi connectivity index (χ4v) is 4.46. The molecule has 2 aliphatic heterocycles. The van der Waals surface area contributed by atoms with E-state index in [2.05, 4.69) is 15.1 Å². The van der Waals surface area contributed by atoms with Gasteiger partial charge in [0.1, 0.15) is 11.8 Å². The molecule has 0 aliphatic carbocycles. The fraction of sp³-hybridized carbons (Fsp3) is 0.333. The van der Waals surface area contributed by atoms with Gasteiger partial charge in [-0.2, -0.15) is 5.10 Å². The van der Waals surface area contributed by atoms with Gasteiger partial charge in [-0.25, -0.2) is 0 Å². The van der Waals surface area contributed by atoms with Gasteiger partial charge in [-0.05, 0) is 35.7 Å². The van der Waals surface area contributed by atoms with Crippen molar-refractivity contribution in [3.8, 4) is 22.8 Å². The molecule has 5 rings (SSSR count). The standard InChI is InChI=1S/C21H22N4O4S/c26-17(20-2-1-9-30-20)12-24-5-7-25(8-6-24)21(27)16-11-15(22-23-16)14-3-4-18-19(10-14)29-13-28-18/h1-4,9-11,17,26H,5-8,12-13H2,(H,22,23)/t17-/m0/s1. The minimum Gasteiger partial charge on any atom is -0.454 e. The molecule has 0 bridgehead atoms. The minimum absolute atomic E-state index is 0.0621. The number of benzene rings is 1. The third kappa shape index (κ3) is 3.79. The lowest BCUT2D eigenvalue weighted by Crippen LogP contribution is -2.49. The zero-order chi connectivity index (χ0) is 20.5. The summed E-state index contributed by atoms with van der Waals surface area (Å²) in [6.07, 6.45) is -0.482. The normalized spacial score (nSPS) is 17.3. The van der Waals surface area contributed by atoms with Gasteiger partial charge in [-0.1, -0.05) is 6.07 Å². The summed E-state index contributed by atoms with van der Waals surface area (Å²) in [6, 6.07) is 11.3. The summed E-state index contributed by atoms with van der Waals surface area (Å²) in [4.78, 5) is 17.9.